The normalized spacial score (nSPS) is 16.0. The Morgan fingerprint density at radius 1 is 1.25 bits per heavy atom. The number of hydrogen-bond acceptors (Lipinski definition) is 5. The van der Waals surface area contributed by atoms with Gasteiger partial charge in [0.2, 0.25) is 11.9 Å². The lowest BCUT2D eigenvalue weighted by atomic mass is 10.2. The average molecular weight is 422 g/mol. The number of benzene rings is 2. The lowest BCUT2D eigenvalue weighted by Gasteiger charge is -2.08. The second kappa shape index (κ2) is 8.81. The van der Waals surface area contributed by atoms with Gasteiger partial charge in [0.15, 0.2) is 0 Å². The summed E-state index contributed by atoms with van der Waals surface area (Å²) in [6.45, 7) is 0. The Labute approximate surface area is 169 Å². The van der Waals surface area contributed by atoms with E-state index in [9.17, 15) is 14.0 Å². The molecule has 0 saturated carbocycles. The van der Waals surface area contributed by atoms with Crippen LogP contribution in [-0.4, -0.2) is 30.0 Å². The van der Waals surface area contributed by atoms with Gasteiger partial charge in [0.05, 0.1) is 23.3 Å². The number of amides is 2. The maximum Gasteiger partial charge on any atom is 0.252 e. The first-order chi connectivity index (χ1) is 13.4. The summed E-state index contributed by atoms with van der Waals surface area (Å²) in [5.74, 6) is -1.09. The molecule has 3 N–H and O–H groups in total. The van der Waals surface area contributed by atoms with Gasteiger partial charge in [0.1, 0.15) is 11.9 Å². The van der Waals surface area contributed by atoms with E-state index in [4.69, 9.17) is 23.2 Å². The van der Waals surface area contributed by atoms with Crippen LogP contribution < -0.4 is 16.1 Å². The standard InChI is InChI=1S/C18H14Cl2FN5O2/c19-11-3-6-14(13(20)7-11)23-16(27)8-15-17(28)25-18(24-15)26-22-9-10-1-4-12(21)5-2-10/h1-7,9,15H,8H2,(H,23,27)(H2,24,25,26,28). The third-order valence-electron chi connectivity index (χ3n) is 3.67. The number of carbonyl (C=O) groups is 2. The topological polar surface area (TPSA) is 94.9 Å². The molecule has 0 fully saturated rings. The van der Waals surface area contributed by atoms with Crippen molar-refractivity contribution in [2.24, 2.45) is 10.1 Å². The van der Waals surface area contributed by atoms with Crippen LogP contribution in [0.25, 0.3) is 0 Å². The Morgan fingerprint density at radius 3 is 2.71 bits per heavy atom. The molecule has 0 aliphatic carbocycles. The minimum atomic E-state index is -0.894. The zero-order valence-electron chi connectivity index (χ0n) is 14.2. The molecular formula is C18H14Cl2FN5O2. The number of nitrogens with one attached hydrogen (secondary N) is 3. The maximum atomic E-state index is 12.8. The molecular weight excluding hydrogens is 408 g/mol. The molecule has 28 heavy (non-hydrogen) atoms. The van der Waals surface area contributed by atoms with Crippen molar-refractivity contribution < 1.29 is 14.0 Å². The van der Waals surface area contributed by atoms with E-state index in [0.29, 0.717) is 16.3 Å². The monoisotopic (exact) mass is 421 g/mol. The minimum absolute atomic E-state index is 0.116. The first-order valence-electron chi connectivity index (χ1n) is 8.09. The zero-order chi connectivity index (χ0) is 20.1. The van der Waals surface area contributed by atoms with Crippen molar-refractivity contribution in [1.29, 1.82) is 0 Å². The Bertz CT molecular complexity index is 963. The summed E-state index contributed by atoms with van der Waals surface area (Å²) < 4.78 is 12.8. The SMILES string of the molecule is O=C(CC1N=C(NN=Cc2ccc(F)cc2)NC1=O)Nc1ccc(Cl)cc1Cl. The second-order valence-corrected chi connectivity index (χ2v) is 6.62. The number of hydrazone groups is 1. The predicted octanol–water partition coefficient (Wildman–Crippen LogP) is 2.94. The summed E-state index contributed by atoms with van der Waals surface area (Å²) in [7, 11) is 0. The highest BCUT2D eigenvalue weighted by molar-refractivity contribution is 6.36. The fraction of sp³-hybridized carbons (Fsp3) is 0.111. The van der Waals surface area contributed by atoms with Gasteiger partial charge in [-0.3, -0.25) is 14.9 Å². The summed E-state index contributed by atoms with van der Waals surface area (Å²) in [6, 6.07) is 9.46. The third kappa shape index (κ3) is 5.28. The average Bonchev–Trinajstić information content (AvgIpc) is 2.98. The highest BCUT2D eigenvalue weighted by Crippen LogP contribution is 2.25. The van der Waals surface area contributed by atoms with Crippen LogP contribution in [0.1, 0.15) is 12.0 Å². The van der Waals surface area contributed by atoms with Gasteiger partial charge in [-0.25, -0.2) is 14.8 Å². The van der Waals surface area contributed by atoms with Crippen molar-refractivity contribution >= 4 is 52.9 Å². The first-order valence-corrected chi connectivity index (χ1v) is 8.84. The van der Waals surface area contributed by atoms with Crippen molar-refractivity contribution in [3.63, 3.8) is 0 Å². The van der Waals surface area contributed by atoms with Crippen molar-refractivity contribution in [2.75, 3.05) is 5.32 Å². The van der Waals surface area contributed by atoms with Gasteiger partial charge in [0, 0.05) is 5.02 Å². The van der Waals surface area contributed by atoms with Crippen LogP contribution in [0, 0.1) is 5.82 Å². The lowest BCUT2D eigenvalue weighted by molar-refractivity contribution is -0.123. The Balaban J connectivity index is 1.55. The Hall–Kier alpha value is -2.97. The van der Waals surface area contributed by atoms with Crippen LogP contribution in [0.15, 0.2) is 52.6 Å². The van der Waals surface area contributed by atoms with Crippen LogP contribution >= 0.6 is 23.2 Å². The molecule has 1 atom stereocenters. The van der Waals surface area contributed by atoms with E-state index in [-0.39, 0.29) is 23.2 Å². The molecule has 0 aromatic heterocycles. The van der Waals surface area contributed by atoms with Crippen LogP contribution in [0.5, 0.6) is 0 Å². The molecule has 1 heterocycles. The summed E-state index contributed by atoms with van der Waals surface area (Å²) in [5.41, 5.74) is 3.62. The van der Waals surface area contributed by atoms with Gasteiger partial charge < -0.3 is 5.32 Å². The highest BCUT2D eigenvalue weighted by Gasteiger charge is 2.28. The summed E-state index contributed by atoms with van der Waals surface area (Å²) in [5, 5.41) is 9.75. The molecule has 0 radical (unpaired) electrons. The number of anilines is 1. The van der Waals surface area contributed by atoms with Gasteiger partial charge >= 0.3 is 0 Å². The van der Waals surface area contributed by atoms with Gasteiger partial charge in [-0.15, -0.1) is 0 Å². The van der Waals surface area contributed by atoms with Crippen LogP contribution in [0.3, 0.4) is 0 Å². The number of carbonyl (C=O) groups excluding carboxylic acids is 2. The number of rotatable bonds is 5. The molecule has 3 rings (SSSR count). The van der Waals surface area contributed by atoms with Crippen LogP contribution in [-0.2, 0) is 9.59 Å². The lowest BCUT2D eigenvalue weighted by Crippen LogP contribution is -2.35. The van der Waals surface area contributed by atoms with Crippen LogP contribution in [0.2, 0.25) is 10.0 Å². The molecule has 1 aliphatic rings. The molecule has 2 aromatic carbocycles. The maximum absolute atomic E-state index is 12.8. The number of halogens is 3. The van der Waals surface area contributed by atoms with E-state index in [1.807, 2.05) is 0 Å². The molecule has 0 spiro atoms. The fourth-order valence-electron chi connectivity index (χ4n) is 2.33. The Kier molecular flexibility index (Phi) is 6.23. The van der Waals surface area contributed by atoms with E-state index in [1.54, 1.807) is 24.3 Å². The third-order valence-corrected chi connectivity index (χ3v) is 4.22. The highest BCUT2D eigenvalue weighted by atomic mass is 35.5. The van der Waals surface area contributed by atoms with Crippen molar-refractivity contribution in [3.05, 3.63) is 63.9 Å². The second-order valence-electron chi connectivity index (χ2n) is 5.78. The Morgan fingerprint density at radius 2 is 2.00 bits per heavy atom. The van der Waals surface area contributed by atoms with Gasteiger partial charge in [-0.05, 0) is 35.9 Å². The molecule has 2 aromatic rings. The molecule has 1 unspecified atom stereocenters. The van der Waals surface area contributed by atoms with Crippen molar-refractivity contribution in [1.82, 2.24) is 10.7 Å². The van der Waals surface area contributed by atoms with E-state index < -0.39 is 17.9 Å². The summed E-state index contributed by atoms with van der Waals surface area (Å²) >= 11 is 11.8. The number of guanidine groups is 1. The quantitative estimate of drug-likeness (QED) is 0.511. The predicted molar refractivity (Wildman–Crippen MR) is 106 cm³/mol. The van der Waals surface area contributed by atoms with Gasteiger partial charge in [0.25, 0.3) is 5.91 Å². The largest absolute Gasteiger partial charge is 0.325 e. The summed E-state index contributed by atoms with van der Waals surface area (Å²) in [4.78, 5) is 28.2. The summed E-state index contributed by atoms with van der Waals surface area (Å²) in [6.07, 6.45) is 1.27. The molecule has 0 bridgehead atoms. The van der Waals surface area contributed by atoms with E-state index in [2.05, 4.69) is 26.2 Å². The van der Waals surface area contributed by atoms with Gasteiger partial charge in [-0.2, -0.15) is 5.10 Å². The minimum Gasteiger partial charge on any atom is -0.325 e. The fourth-order valence-corrected chi connectivity index (χ4v) is 2.78. The van der Waals surface area contributed by atoms with Crippen LogP contribution in [0.4, 0.5) is 10.1 Å². The number of nitrogens with zero attached hydrogens (tertiary/aromatic N) is 2. The molecule has 1 aliphatic heterocycles. The number of hydrogen-bond donors (Lipinski definition) is 3. The molecule has 144 valence electrons. The number of aliphatic imine (C=N–C) groups is 1. The zero-order valence-corrected chi connectivity index (χ0v) is 15.8. The molecule has 0 saturated heterocycles. The molecule has 10 heteroatoms. The van der Waals surface area contributed by atoms with Crippen molar-refractivity contribution in [2.45, 2.75) is 12.5 Å². The van der Waals surface area contributed by atoms with E-state index in [1.165, 1.54) is 24.4 Å². The first kappa shape index (κ1) is 19.8. The smallest absolute Gasteiger partial charge is 0.252 e. The van der Waals surface area contributed by atoms with Crippen molar-refractivity contribution in [3.8, 4) is 0 Å². The van der Waals surface area contributed by atoms with E-state index in [0.717, 1.165) is 0 Å². The van der Waals surface area contributed by atoms with Gasteiger partial charge in [-0.1, -0.05) is 35.3 Å². The molecule has 7 nitrogen and oxygen atoms in total. The molecule has 2 amide bonds. The van der Waals surface area contributed by atoms with E-state index >= 15 is 0 Å².